The molecule has 0 bridgehead atoms. The van der Waals surface area contributed by atoms with Crippen molar-refractivity contribution in [2.45, 2.75) is 52.2 Å². The van der Waals surface area contributed by atoms with Gasteiger partial charge in [-0.3, -0.25) is 4.90 Å². The van der Waals surface area contributed by atoms with Gasteiger partial charge in [0.05, 0.1) is 0 Å². The van der Waals surface area contributed by atoms with Gasteiger partial charge in [0.25, 0.3) is 0 Å². The van der Waals surface area contributed by atoms with Crippen LogP contribution in [-0.4, -0.2) is 40.3 Å². The molecule has 1 heterocycles. The molecule has 1 fully saturated rings. The predicted molar refractivity (Wildman–Crippen MR) is 62.8 cm³/mol. The molecule has 98 valence electrons. The second-order valence-electron chi connectivity index (χ2n) is 5.67. The van der Waals surface area contributed by atoms with Crippen LogP contribution in [0.5, 0.6) is 0 Å². The summed E-state index contributed by atoms with van der Waals surface area (Å²) in [6.07, 6.45) is 0.794. The highest BCUT2D eigenvalue weighted by atomic mass is 16.6. The lowest BCUT2D eigenvalue weighted by atomic mass is 9.94. The van der Waals surface area contributed by atoms with Crippen molar-refractivity contribution in [3.05, 3.63) is 0 Å². The number of ether oxygens (including phenoxy) is 1. The minimum Gasteiger partial charge on any atom is -0.480 e. The lowest BCUT2D eigenvalue weighted by molar-refractivity contribution is -0.144. The lowest BCUT2D eigenvalue weighted by Crippen LogP contribution is -2.51. The predicted octanol–water partition coefficient (Wildman–Crippen LogP) is 2.11. The van der Waals surface area contributed by atoms with Gasteiger partial charge in [-0.1, -0.05) is 6.92 Å². The minimum absolute atomic E-state index is 0.318. The standard InChI is InChI=1S/C12H21NO4/c1-8-5-6-9(10(14)15)13(7-8)11(16)17-12(2,3)4/h8-9H,5-7H2,1-4H3,(H,14,15)/t8?,9-/m0/s1. The van der Waals surface area contributed by atoms with Crippen molar-refractivity contribution in [1.82, 2.24) is 4.90 Å². The van der Waals surface area contributed by atoms with Gasteiger partial charge in [0.1, 0.15) is 11.6 Å². The third kappa shape index (κ3) is 3.91. The molecule has 1 unspecified atom stereocenters. The molecule has 0 spiro atoms. The van der Waals surface area contributed by atoms with Gasteiger partial charge in [-0.05, 0) is 39.5 Å². The van der Waals surface area contributed by atoms with E-state index in [9.17, 15) is 9.59 Å². The molecule has 1 saturated heterocycles. The van der Waals surface area contributed by atoms with Crippen molar-refractivity contribution < 1.29 is 19.4 Å². The molecule has 5 heteroatoms. The first-order valence-corrected chi connectivity index (χ1v) is 5.93. The SMILES string of the molecule is CC1CC[C@@H](C(=O)O)N(C(=O)OC(C)(C)C)C1. The van der Waals surface area contributed by atoms with E-state index in [1.54, 1.807) is 20.8 Å². The highest BCUT2D eigenvalue weighted by molar-refractivity contribution is 5.80. The molecule has 0 aromatic rings. The third-order valence-electron chi connectivity index (χ3n) is 2.73. The van der Waals surface area contributed by atoms with Crippen LogP contribution in [0.1, 0.15) is 40.5 Å². The van der Waals surface area contributed by atoms with Gasteiger partial charge in [0, 0.05) is 6.54 Å². The molecule has 1 rings (SSSR count). The zero-order valence-corrected chi connectivity index (χ0v) is 10.9. The molecule has 1 aliphatic rings. The van der Waals surface area contributed by atoms with Gasteiger partial charge < -0.3 is 9.84 Å². The molecule has 0 saturated carbocycles. The quantitative estimate of drug-likeness (QED) is 0.766. The van der Waals surface area contributed by atoms with Gasteiger partial charge in [-0.2, -0.15) is 0 Å². The fourth-order valence-electron chi connectivity index (χ4n) is 1.93. The summed E-state index contributed by atoms with van der Waals surface area (Å²) in [6, 6.07) is -0.749. The van der Waals surface area contributed by atoms with Gasteiger partial charge in [0.2, 0.25) is 0 Å². The van der Waals surface area contributed by atoms with E-state index in [0.717, 1.165) is 6.42 Å². The number of rotatable bonds is 1. The van der Waals surface area contributed by atoms with Crippen molar-refractivity contribution in [3.8, 4) is 0 Å². The van der Waals surface area contributed by atoms with E-state index in [1.807, 2.05) is 6.92 Å². The normalized spacial score (nSPS) is 25.5. The Kier molecular flexibility index (Phi) is 4.01. The molecule has 0 aromatic carbocycles. The van der Waals surface area contributed by atoms with Crippen LogP contribution in [-0.2, 0) is 9.53 Å². The van der Waals surface area contributed by atoms with Gasteiger partial charge in [-0.25, -0.2) is 9.59 Å². The first-order valence-electron chi connectivity index (χ1n) is 5.93. The van der Waals surface area contributed by atoms with E-state index in [2.05, 4.69) is 0 Å². The second kappa shape index (κ2) is 4.94. The Hall–Kier alpha value is -1.26. The molecular formula is C12H21NO4. The fraction of sp³-hybridized carbons (Fsp3) is 0.833. The van der Waals surface area contributed by atoms with Crippen LogP contribution < -0.4 is 0 Å². The maximum Gasteiger partial charge on any atom is 0.411 e. The minimum atomic E-state index is -0.956. The summed E-state index contributed by atoms with van der Waals surface area (Å²) < 4.78 is 5.23. The van der Waals surface area contributed by atoms with Crippen molar-refractivity contribution in [1.29, 1.82) is 0 Å². The van der Waals surface area contributed by atoms with Crippen molar-refractivity contribution in [2.75, 3.05) is 6.54 Å². The Morgan fingerprint density at radius 3 is 2.35 bits per heavy atom. The van der Waals surface area contributed by atoms with E-state index >= 15 is 0 Å². The molecule has 1 aliphatic heterocycles. The summed E-state index contributed by atoms with van der Waals surface area (Å²) in [6.45, 7) is 7.78. The van der Waals surface area contributed by atoms with Crippen molar-refractivity contribution in [2.24, 2.45) is 5.92 Å². The summed E-state index contributed by atoms with van der Waals surface area (Å²) in [5.41, 5.74) is -0.596. The lowest BCUT2D eigenvalue weighted by Gasteiger charge is -2.37. The zero-order chi connectivity index (χ0) is 13.2. The van der Waals surface area contributed by atoms with Crippen LogP contribution >= 0.6 is 0 Å². The van der Waals surface area contributed by atoms with E-state index in [0.29, 0.717) is 18.9 Å². The number of likely N-dealkylation sites (tertiary alicyclic amines) is 1. The van der Waals surface area contributed by atoms with E-state index < -0.39 is 23.7 Å². The molecule has 0 aliphatic carbocycles. The smallest absolute Gasteiger partial charge is 0.411 e. The third-order valence-corrected chi connectivity index (χ3v) is 2.73. The Bertz CT molecular complexity index is 308. The average molecular weight is 243 g/mol. The van der Waals surface area contributed by atoms with Crippen molar-refractivity contribution >= 4 is 12.1 Å². The Labute approximate surface area is 102 Å². The number of carbonyl (C=O) groups excluding carboxylic acids is 1. The maximum absolute atomic E-state index is 11.9. The number of piperidine rings is 1. The number of carboxylic acids is 1. The number of carbonyl (C=O) groups is 2. The largest absolute Gasteiger partial charge is 0.480 e. The van der Waals surface area contributed by atoms with Crippen molar-refractivity contribution in [3.63, 3.8) is 0 Å². The van der Waals surface area contributed by atoms with E-state index in [-0.39, 0.29) is 0 Å². The Balaban J connectivity index is 2.75. The fourth-order valence-corrected chi connectivity index (χ4v) is 1.93. The number of hydrogen-bond donors (Lipinski definition) is 1. The number of carboxylic acid groups (broad SMARTS) is 1. The molecular weight excluding hydrogens is 222 g/mol. The van der Waals surface area contributed by atoms with Crippen LogP contribution in [0.25, 0.3) is 0 Å². The molecule has 17 heavy (non-hydrogen) atoms. The number of nitrogens with zero attached hydrogens (tertiary/aromatic N) is 1. The Morgan fingerprint density at radius 1 is 1.29 bits per heavy atom. The molecule has 1 amide bonds. The molecule has 0 radical (unpaired) electrons. The molecule has 5 nitrogen and oxygen atoms in total. The summed E-state index contributed by atoms with van der Waals surface area (Å²) in [7, 11) is 0. The summed E-state index contributed by atoms with van der Waals surface area (Å²) in [5, 5.41) is 9.09. The van der Waals surface area contributed by atoms with E-state index in [1.165, 1.54) is 4.90 Å². The number of hydrogen-bond acceptors (Lipinski definition) is 3. The highest BCUT2D eigenvalue weighted by Crippen LogP contribution is 2.24. The molecule has 1 N–H and O–H groups in total. The average Bonchev–Trinajstić information content (AvgIpc) is 2.14. The van der Waals surface area contributed by atoms with E-state index in [4.69, 9.17) is 9.84 Å². The number of amides is 1. The van der Waals surface area contributed by atoms with Crippen LogP contribution in [0.2, 0.25) is 0 Å². The number of aliphatic carboxylic acids is 1. The maximum atomic E-state index is 11.9. The van der Waals surface area contributed by atoms with Crippen LogP contribution in [0.15, 0.2) is 0 Å². The second-order valence-corrected chi connectivity index (χ2v) is 5.67. The first-order chi connectivity index (χ1) is 7.70. The van der Waals surface area contributed by atoms with Gasteiger partial charge in [0.15, 0.2) is 0 Å². The monoisotopic (exact) mass is 243 g/mol. The molecule has 2 atom stereocenters. The van der Waals surface area contributed by atoms with Gasteiger partial charge >= 0.3 is 12.1 Å². The molecule has 0 aromatic heterocycles. The first kappa shape index (κ1) is 13.8. The van der Waals surface area contributed by atoms with Crippen LogP contribution in [0, 0.1) is 5.92 Å². The van der Waals surface area contributed by atoms with Crippen LogP contribution in [0.4, 0.5) is 4.79 Å². The highest BCUT2D eigenvalue weighted by Gasteiger charge is 2.36. The summed E-state index contributed by atoms with van der Waals surface area (Å²) in [4.78, 5) is 24.3. The topological polar surface area (TPSA) is 66.8 Å². The van der Waals surface area contributed by atoms with Crippen LogP contribution in [0.3, 0.4) is 0 Å². The zero-order valence-electron chi connectivity index (χ0n) is 10.9. The summed E-state index contributed by atoms with van der Waals surface area (Å²) >= 11 is 0. The van der Waals surface area contributed by atoms with Gasteiger partial charge in [-0.15, -0.1) is 0 Å². The Morgan fingerprint density at radius 2 is 1.88 bits per heavy atom. The summed E-state index contributed by atoms with van der Waals surface area (Å²) in [5.74, 6) is -0.638.